The van der Waals surface area contributed by atoms with Crippen molar-refractivity contribution < 1.29 is 5.11 Å². The Kier molecular flexibility index (Phi) is 5.65. The molecule has 0 aliphatic heterocycles. The predicted octanol–water partition coefficient (Wildman–Crippen LogP) is 2.70. The highest BCUT2D eigenvalue weighted by atomic mass is 35.5. The normalized spacial score (nSPS) is 11.9. The lowest BCUT2D eigenvalue weighted by molar-refractivity contribution is 0.266. The van der Waals surface area contributed by atoms with Crippen LogP contribution >= 0.6 is 23.7 Å². The molecule has 3 N–H and O–H groups in total. The van der Waals surface area contributed by atoms with E-state index in [0.717, 1.165) is 6.42 Å². The fraction of sp³-hybridized carbons (Fsp3) is 0.231. The third-order valence-electron chi connectivity index (χ3n) is 2.42. The third-order valence-corrected chi connectivity index (χ3v) is 3.57. The molecule has 92 valence electrons. The Morgan fingerprint density at radius 3 is 2.47 bits per heavy atom. The SMILES string of the molecule is Cl.NC(CO)Cc1ccc(-c2ccccc2)s1. The van der Waals surface area contributed by atoms with Crippen LogP contribution in [0.5, 0.6) is 0 Å². The summed E-state index contributed by atoms with van der Waals surface area (Å²) < 4.78 is 0. The fourth-order valence-electron chi connectivity index (χ4n) is 1.57. The Labute approximate surface area is 112 Å². The number of aliphatic hydroxyl groups is 1. The van der Waals surface area contributed by atoms with Gasteiger partial charge in [-0.1, -0.05) is 30.3 Å². The zero-order valence-corrected chi connectivity index (χ0v) is 11.0. The van der Waals surface area contributed by atoms with Gasteiger partial charge in [-0.15, -0.1) is 23.7 Å². The Bertz CT molecular complexity index is 444. The summed E-state index contributed by atoms with van der Waals surface area (Å²) in [4.78, 5) is 2.47. The standard InChI is InChI=1S/C13H15NOS.ClH/c14-11(9-15)8-12-6-7-13(16-12)10-4-2-1-3-5-10;/h1-7,11,15H,8-9,14H2;1H. The molecule has 0 aliphatic rings. The van der Waals surface area contributed by atoms with Gasteiger partial charge < -0.3 is 10.8 Å². The van der Waals surface area contributed by atoms with Crippen LogP contribution in [0.2, 0.25) is 0 Å². The zero-order valence-electron chi connectivity index (χ0n) is 9.37. The van der Waals surface area contributed by atoms with Gasteiger partial charge in [0.15, 0.2) is 0 Å². The zero-order chi connectivity index (χ0) is 11.4. The molecule has 1 atom stereocenters. The molecule has 0 saturated carbocycles. The van der Waals surface area contributed by atoms with Gasteiger partial charge in [0.2, 0.25) is 0 Å². The summed E-state index contributed by atoms with van der Waals surface area (Å²) in [5.41, 5.74) is 6.94. The van der Waals surface area contributed by atoms with Crippen LogP contribution in [0.1, 0.15) is 4.88 Å². The lowest BCUT2D eigenvalue weighted by Gasteiger charge is -2.04. The molecule has 2 nitrogen and oxygen atoms in total. The summed E-state index contributed by atoms with van der Waals surface area (Å²) >= 11 is 1.74. The van der Waals surface area contributed by atoms with Crippen LogP contribution in [0.3, 0.4) is 0 Å². The molecule has 0 aliphatic carbocycles. The molecule has 0 fully saturated rings. The average molecular weight is 270 g/mol. The van der Waals surface area contributed by atoms with Gasteiger partial charge >= 0.3 is 0 Å². The second-order valence-electron chi connectivity index (χ2n) is 3.78. The first-order valence-corrected chi connectivity index (χ1v) is 6.12. The van der Waals surface area contributed by atoms with Gasteiger partial charge in [0.1, 0.15) is 0 Å². The molecular formula is C13H16ClNOS. The summed E-state index contributed by atoms with van der Waals surface area (Å²) in [7, 11) is 0. The van der Waals surface area contributed by atoms with E-state index in [2.05, 4.69) is 24.3 Å². The summed E-state index contributed by atoms with van der Waals surface area (Å²) in [6.45, 7) is 0.0402. The molecule has 0 spiro atoms. The lowest BCUT2D eigenvalue weighted by Crippen LogP contribution is -2.26. The van der Waals surface area contributed by atoms with Gasteiger partial charge in [-0.2, -0.15) is 0 Å². The molecule has 1 aromatic heterocycles. The van der Waals surface area contributed by atoms with Crippen molar-refractivity contribution in [3.8, 4) is 10.4 Å². The molecule has 0 amide bonds. The van der Waals surface area contributed by atoms with Gasteiger partial charge in [0.05, 0.1) is 6.61 Å². The first kappa shape index (κ1) is 14.2. The Morgan fingerprint density at radius 2 is 1.82 bits per heavy atom. The van der Waals surface area contributed by atoms with Crippen molar-refractivity contribution in [3.63, 3.8) is 0 Å². The summed E-state index contributed by atoms with van der Waals surface area (Å²) in [5, 5.41) is 8.90. The van der Waals surface area contributed by atoms with Crippen molar-refractivity contribution in [3.05, 3.63) is 47.3 Å². The number of aliphatic hydroxyl groups excluding tert-OH is 1. The van der Waals surface area contributed by atoms with Crippen molar-refractivity contribution in [2.24, 2.45) is 5.73 Å². The Morgan fingerprint density at radius 1 is 1.12 bits per heavy atom. The third kappa shape index (κ3) is 3.82. The number of hydrogen-bond acceptors (Lipinski definition) is 3. The maximum Gasteiger partial charge on any atom is 0.0586 e. The first-order valence-electron chi connectivity index (χ1n) is 5.30. The highest BCUT2D eigenvalue weighted by Crippen LogP contribution is 2.28. The monoisotopic (exact) mass is 269 g/mol. The Hall–Kier alpha value is -0.870. The maximum absolute atomic E-state index is 8.90. The lowest BCUT2D eigenvalue weighted by atomic mass is 10.2. The molecule has 4 heteroatoms. The van der Waals surface area contributed by atoms with E-state index in [1.807, 2.05) is 18.2 Å². The van der Waals surface area contributed by atoms with Crippen LogP contribution < -0.4 is 5.73 Å². The minimum Gasteiger partial charge on any atom is -0.395 e. The predicted molar refractivity (Wildman–Crippen MR) is 75.8 cm³/mol. The van der Waals surface area contributed by atoms with Crippen molar-refractivity contribution in [1.82, 2.24) is 0 Å². The summed E-state index contributed by atoms with van der Waals surface area (Å²) in [6.07, 6.45) is 0.744. The first-order chi connectivity index (χ1) is 7.79. The van der Waals surface area contributed by atoms with E-state index in [9.17, 15) is 0 Å². The molecular weight excluding hydrogens is 254 g/mol. The molecule has 2 rings (SSSR count). The van der Waals surface area contributed by atoms with Crippen LogP contribution in [0, 0.1) is 0 Å². The number of hydrogen-bond donors (Lipinski definition) is 2. The van der Waals surface area contributed by atoms with E-state index < -0.39 is 0 Å². The van der Waals surface area contributed by atoms with Crippen LogP contribution in [0.25, 0.3) is 10.4 Å². The van der Waals surface area contributed by atoms with Crippen LogP contribution in [0.4, 0.5) is 0 Å². The summed E-state index contributed by atoms with van der Waals surface area (Å²) in [5.74, 6) is 0. The average Bonchev–Trinajstić information content (AvgIpc) is 2.78. The highest BCUT2D eigenvalue weighted by molar-refractivity contribution is 7.15. The molecule has 1 unspecified atom stereocenters. The van der Waals surface area contributed by atoms with Crippen LogP contribution in [-0.4, -0.2) is 17.8 Å². The van der Waals surface area contributed by atoms with Crippen molar-refractivity contribution in [1.29, 1.82) is 0 Å². The number of rotatable bonds is 4. The van der Waals surface area contributed by atoms with E-state index in [4.69, 9.17) is 10.8 Å². The minimum atomic E-state index is -0.151. The van der Waals surface area contributed by atoms with Gasteiger partial charge in [0.25, 0.3) is 0 Å². The minimum absolute atomic E-state index is 0. The molecule has 2 aromatic rings. The molecule has 0 saturated heterocycles. The maximum atomic E-state index is 8.90. The Balaban J connectivity index is 0.00000144. The quantitative estimate of drug-likeness (QED) is 0.897. The number of benzene rings is 1. The molecule has 1 heterocycles. The largest absolute Gasteiger partial charge is 0.395 e. The van der Waals surface area contributed by atoms with Crippen LogP contribution in [0.15, 0.2) is 42.5 Å². The summed E-state index contributed by atoms with van der Waals surface area (Å²) in [6, 6.07) is 14.3. The number of thiophene rings is 1. The molecule has 17 heavy (non-hydrogen) atoms. The van der Waals surface area contributed by atoms with Gasteiger partial charge in [0, 0.05) is 15.8 Å². The smallest absolute Gasteiger partial charge is 0.0586 e. The van der Waals surface area contributed by atoms with Crippen LogP contribution in [-0.2, 0) is 6.42 Å². The molecule has 0 radical (unpaired) electrons. The van der Waals surface area contributed by atoms with E-state index >= 15 is 0 Å². The van der Waals surface area contributed by atoms with E-state index in [0.29, 0.717) is 0 Å². The van der Waals surface area contributed by atoms with E-state index in [1.54, 1.807) is 11.3 Å². The number of halogens is 1. The van der Waals surface area contributed by atoms with Gasteiger partial charge in [-0.3, -0.25) is 0 Å². The van der Waals surface area contributed by atoms with E-state index in [-0.39, 0.29) is 25.1 Å². The van der Waals surface area contributed by atoms with Crippen molar-refractivity contribution >= 4 is 23.7 Å². The second kappa shape index (κ2) is 6.77. The highest BCUT2D eigenvalue weighted by Gasteiger charge is 2.06. The molecule has 0 bridgehead atoms. The van der Waals surface area contributed by atoms with Crippen molar-refractivity contribution in [2.75, 3.05) is 6.61 Å². The fourth-order valence-corrected chi connectivity index (χ4v) is 2.67. The van der Waals surface area contributed by atoms with Gasteiger partial charge in [-0.25, -0.2) is 0 Å². The molecule has 1 aromatic carbocycles. The van der Waals surface area contributed by atoms with E-state index in [1.165, 1.54) is 15.3 Å². The number of nitrogens with two attached hydrogens (primary N) is 1. The van der Waals surface area contributed by atoms with Crippen molar-refractivity contribution in [2.45, 2.75) is 12.5 Å². The second-order valence-corrected chi connectivity index (χ2v) is 4.95. The topological polar surface area (TPSA) is 46.2 Å². The van der Waals surface area contributed by atoms with Gasteiger partial charge in [-0.05, 0) is 24.1 Å².